The van der Waals surface area contributed by atoms with Gasteiger partial charge in [0.05, 0.1) is 0 Å². The molecule has 0 aromatic carbocycles. The summed E-state index contributed by atoms with van der Waals surface area (Å²) >= 11 is 0. The van der Waals surface area contributed by atoms with E-state index in [1.807, 2.05) is 27.7 Å². The molecule has 0 atom stereocenters. The van der Waals surface area contributed by atoms with Crippen LogP contribution in [0.15, 0.2) is 0 Å². The molecular weight excluding hydrogens is 188 g/mol. The number of ketones is 2. The molecular formula is C13H20O2. The van der Waals surface area contributed by atoms with E-state index in [1.165, 1.54) is 0 Å². The number of rotatable bonds is 4. The maximum absolute atomic E-state index is 11.9. The molecule has 0 unspecified atom stereocenters. The van der Waals surface area contributed by atoms with Crippen LogP contribution in [-0.2, 0) is 9.59 Å². The smallest absolute Gasteiger partial charge is 0.141 e. The van der Waals surface area contributed by atoms with E-state index in [1.54, 1.807) is 0 Å². The summed E-state index contributed by atoms with van der Waals surface area (Å²) in [5.74, 6) is 0.997. The second kappa shape index (κ2) is 2.93. The van der Waals surface area contributed by atoms with Crippen molar-refractivity contribution in [2.45, 2.75) is 47.0 Å². The van der Waals surface area contributed by atoms with Gasteiger partial charge in [-0.3, -0.25) is 9.59 Å². The van der Waals surface area contributed by atoms with Crippen molar-refractivity contribution in [1.82, 2.24) is 0 Å². The van der Waals surface area contributed by atoms with Gasteiger partial charge in [0.1, 0.15) is 11.6 Å². The summed E-state index contributed by atoms with van der Waals surface area (Å²) in [6.45, 7) is 7.83. The molecule has 84 valence electrons. The van der Waals surface area contributed by atoms with Crippen molar-refractivity contribution in [3.8, 4) is 0 Å². The molecule has 3 aliphatic rings. The average Bonchev–Trinajstić information content (AvgIpc) is 1.98. The van der Waals surface area contributed by atoms with Crippen LogP contribution < -0.4 is 0 Å². The Labute approximate surface area is 91.4 Å². The fraction of sp³-hybridized carbons (Fsp3) is 0.846. The van der Waals surface area contributed by atoms with Crippen LogP contribution in [0.25, 0.3) is 0 Å². The van der Waals surface area contributed by atoms with Crippen LogP contribution in [0.3, 0.4) is 0 Å². The van der Waals surface area contributed by atoms with Crippen molar-refractivity contribution in [2.75, 3.05) is 0 Å². The zero-order valence-electron chi connectivity index (χ0n) is 10.1. The third-order valence-corrected chi connectivity index (χ3v) is 4.12. The lowest BCUT2D eigenvalue weighted by Gasteiger charge is -2.69. The Bertz CT molecular complexity index is 276. The summed E-state index contributed by atoms with van der Waals surface area (Å²) in [7, 11) is 0. The third-order valence-electron chi connectivity index (χ3n) is 4.12. The summed E-state index contributed by atoms with van der Waals surface area (Å²) in [4.78, 5) is 23.8. The lowest BCUT2D eigenvalue weighted by atomic mass is 9.32. The Hall–Kier alpha value is -0.660. The minimum Gasteiger partial charge on any atom is -0.299 e. The molecule has 3 fully saturated rings. The fourth-order valence-electron chi connectivity index (χ4n) is 3.54. The van der Waals surface area contributed by atoms with E-state index in [2.05, 4.69) is 0 Å². The molecule has 0 aromatic rings. The number of carbonyl (C=O) groups is 2. The first-order valence-electron chi connectivity index (χ1n) is 5.92. The van der Waals surface area contributed by atoms with Crippen LogP contribution in [0, 0.1) is 22.7 Å². The zero-order valence-corrected chi connectivity index (χ0v) is 10.1. The molecule has 0 spiro atoms. The third kappa shape index (κ3) is 1.23. The second-order valence-electron chi connectivity index (χ2n) is 6.13. The first-order valence-corrected chi connectivity index (χ1v) is 5.92. The second-order valence-corrected chi connectivity index (χ2v) is 6.13. The molecule has 0 radical (unpaired) electrons. The lowest BCUT2D eigenvalue weighted by molar-refractivity contribution is -0.209. The zero-order chi connectivity index (χ0) is 11.4. The monoisotopic (exact) mass is 208 g/mol. The normalized spacial score (nSPS) is 37.5. The minimum absolute atomic E-state index is 0.0846. The largest absolute Gasteiger partial charge is 0.299 e. The van der Waals surface area contributed by atoms with E-state index < -0.39 is 0 Å². The molecule has 2 bridgehead atoms. The summed E-state index contributed by atoms with van der Waals surface area (Å²) in [5, 5.41) is 0. The topological polar surface area (TPSA) is 34.1 Å². The highest BCUT2D eigenvalue weighted by Gasteiger charge is 2.73. The van der Waals surface area contributed by atoms with Crippen LogP contribution in [0.2, 0.25) is 0 Å². The molecule has 0 N–H and O–H groups in total. The van der Waals surface area contributed by atoms with Crippen LogP contribution in [-0.4, -0.2) is 11.6 Å². The molecule has 0 saturated heterocycles. The number of hydrogen-bond acceptors (Lipinski definition) is 2. The van der Waals surface area contributed by atoms with Crippen molar-refractivity contribution in [1.29, 1.82) is 0 Å². The van der Waals surface area contributed by atoms with Crippen molar-refractivity contribution >= 4 is 11.6 Å². The molecule has 2 heteroatoms. The van der Waals surface area contributed by atoms with Gasteiger partial charge >= 0.3 is 0 Å². The summed E-state index contributed by atoms with van der Waals surface area (Å²) in [6.07, 6.45) is 2.52. The maximum atomic E-state index is 11.9. The van der Waals surface area contributed by atoms with E-state index in [-0.39, 0.29) is 22.7 Å². The highest BCUT2D eigenvalue weighted by atomic mass is 16.1. The fourth-order valence-corrected chi connectivity index (χ4v) is 3.54. The van der Waals surface area contributed by atoms with E-state index in [0.29, 0.717) is 11.6 Å². The van der Waals surface area contributed by atoms with Crippen molar-refractivity contribution in [2.24, 2.45) is 22.7 Å². The van der Waals surface area contributed by atoms with E-state index >= 15 is 0 Å². The van der Waals surface area contributed by atoms with Gasteiger partial charge in [-0.2, -0.15) is 0 Å². The lowest BCUT2D eigenvalue weighted by Crippen LogP contribution is -2.69. The number of hydrogen-bond donors (Lipinski definition) is 0. The van der Waals surface area contributed by atoms with Gasteiger partial charge in [0.2, 0.25) is 0 Å². The van der Waals surface area contributed by atoms with E-state index in [4.69, 9.17) is 0 Å². The Morgan fingerprint density at radius 3 is 1.27 bits per heavy atom. The van der Waals surface area contributed by atoms with Crippen LogP contribution in [0.4, 0.5) is 0 Å². The van der Waals surface area contributed by atoms with Gasteiger partial charge in [-0.15, -0.1) is 0 Å². The van der Waals surface area contributed by atoms with Crippen molar-refractivity contribution in [3.05, 3.63) is 0 Å². The van der Waals surface area contributed by atoms with Gasteiger partial charge in [-0.05, 0) is 19.3 Å². The van der Waals surface area contributed by atoms with Gasteiger partial charge in [-0.1, -0.05) is 27.7 Å². The Morgan fingerprint density at radius 1 is 0.800 bits per heavy atom. The predicted octanol–water partition coefficient (Wildman–Crippen LogP) is 2.61. The van der Waals surface area contributed by atoms with Crippen LogP contribution >= 0.6 is 0 Å². The molecule has 15 heavy (non-hydrogen) atoms. The van der Waals surface area contributed by atoms with Gasteiger partial charge in [0.25, 0.3) is 0 Å². The number of Topliss-reactive ketones (excluding diaryl/α,β-unsaturated/α-hetero) is 2. The molecule has 2 nitrogen and oxygen atoms in total. The van der Waals surface area contributed by atoms with Gasteiger partial charge in [0.15, 0.2) is 0 Å². The highest BCUT2D eigenvalue weighted by molar-refractivity contribution is 5.98. The summed E-state index contributed by atoms with van der Waals surface area (Å²) in [6, 6.07) is 0. The predicted molar refractivity (Wildman–Crippen MR) is 58.4 cm³/mol. The minimum atomic E-state index is -0.0846. The van der Waals surface area contributed by atoms with Crippen LogP contribution in [0.1, 0.15) is 47.0 Å². The van der Waals surface area contributed by atoms with Gasteiger partial charge in [0, 0.05) is 22.7 Å². The summed E-state index contributed by atoms with van der Waals surface area (Å²) in [5.41, 5.74) is -0.169. The number of carbonyl (C=O) groups excluding carboxylic acids is 2. The van der Waals surface area contributed by atoms with Crippen LogP contribution in [0.5, 0.6) is 0 Å². The van der Waals surface area contributed by atoms with Gasteiger partial charge in [-0.25, -0.2) is 0 Å². The highest BCUT2D eigenvalue weighted by Crippen LogP contribution is 2.74. The Morgan fingerprint density at radius 2 is 1.07 bits per heavy atom. The molecule has 3 saturated carbocycles. The summed E-state index contributed by atoms with van der Waals surface area (Å²) < 4.78 is 0. The Kier molecular flexibility index (Phi) is 2.12. The molecule has 0 amide bonds. The molecule has 3 aliphatic carbocycles. The molecule has 0 aliphatic heterocycles. The molecule has 0 aromatic heterocycles. The van der Waals surface area contributed by atoms with E-state index in [0.717, 1.165) is 19.3 Å². The first-order chi connectivity index (χ1) is 6.83. The van der Waals surface area contributed by atoms with E-state index in [9.17, 15) is 9.59 Å². The Balaban J connectivity index is 2.01. The van der Waals surface area contributed by atoms with Crippen molar-refractivity contribution in [3.63, 3.8) is 0 Å². The standard InChI is InChI=1S/C13H20O2/c1-8(2)10(14)12-5-13(6-12,7-12)11(15)9(3)4/h8-9H,5-7H2,1-4H3. The quantitative estimate of drug-likeness (QED) is 0.711. The van der Waals surface area contributed by atoms with Gasteiger partial charge < -0.3 is 0 Å². The SMILES string of the molecule is CC(C)C(=O)C12CC(C(=O)C(C)C)(C1)C2. The first kappa shape index (κ1) is 10.8. The maximum Gasteiger partial charge on any atom is 0.141 e. The molecule has 0 heterocycles. The molecule has 3 rings (SSSR count). The average molecular weight is 208 g/mol. The van der Waals surface area contributed by atoms with Crippen molar-refractivity contribution < 1.29 is 9.59 Å².